The Bertz CT molecular complexity index is 281. The second-order valence-electron chi connectivity index (χ2n) is 4.43. The van der Waals surface area contributed by atoms with E-state index < -0.39 is 17.9 Å². The highest BCUT2D eigenvalue weighted by molar-refractivity contribution is 5.94. The molecule has 0 amide bonds. The van der Waals surface area contributed by atoms with Crippen molar-refractivity contribution in [1.29, 1.82) is 0 Å². The molecule has 0 aromatic rings. The van der Waals surface area contributed by atoms with E-state index in [1.165, 1.54) is 14.2 Å². The minimum absolute atomic E-state index is 0.249. The number of esters is 2. The lowest BCUT2D eigenvalue weighted by Crippen LogP contribution is -2.28. The minimum atomic E-state index is -0.838. The number of methoxy groups -OCH3 is 2. The fourth-order valence-electron chi connectivity index (χ4n) is 1.99. The summed E-state index contributed by atoms with van der Waals surface area (Å²) < 4.78 is 9.33. The largest absolute Gasteiger partial charge is 0.468 e. The Morgan fingerprint density at radius 2 is 1.42 bits per heavy atom. The van der Waals surface area contributed by atoms with Gasteiger partial charge in [0.15, 0.2) is 5.92 Å². The van der Waals surface area contributed by atoms with Crippen molar-refractivity contribution in [3.8, 4) is 0 Å². The molecule has 0 bridgehead atoms. The predicted molar refractivity (Wildman–Crippen MR) is 74.5 cm³/mol. The van der Waals surface area contributed by atoms with E-state index in [0.717, 1.165) is 25.7 Å². The maximum atomic E-state index is 11.6. The molecule has 4 heteroatoms. The highest BCUT2D eigenvalue weighted by atomic mass is 16.5. The van der Waals surface area contributed by atoms with Gasteiger partial charge in [0, 0.05) is 0 Å². The van der Waals surface area contributed by atoms with Crippen LogP contribution in [0.15, 0.2) is 25.3 Å². The van der Waals surface area contributed by atoms with Gasteiger partial charge in [0.2, 0.25) is 0 Å². The van der Waals surface area contributed by atoms with Crippen LogP contribution in [0.2, 0.25) is 0 Å². The van der Waals surface area contributed by atoms with Gasteiger partial charge in [0.25, 0.3) is 0 Å². The van der Waals surface area contributed by atoms with Crippen molar-refractivity contribution < 1.29 is 19.1 Å². The topological polar surface area (TPSA) is 52.6 Å². The normalized spacial score (nSPS) is 10.3. The highest BCUT2D eigenvalue weighted by Gasteiger charge is 2.31. The Morgan fingerprint density at radius 1 is 1.00 bits per heavy atom. The lowest BCUT2D eigenvalue weighted by atomic mass is 9.87. The number of carbonyl (C=O) groups is 2. The number of rotatable bonds is 10. The molecule has 0 N–H and O–H groups in total. The summed E-state index contributed by atoms with van der Waals surface area (Å²) in [6.07, 6.45) is 7.62. The van der Waals surface area contributed by atoms with Crippen molar-refractivity contribution in [2.45, 2.75) is 32.1 Å². The molecule has 0 heterocycles. The van der Waals surface area contributed by atoms with E-state index in [-0.39, 0.29) is 5.92 Å². The maximum Gasteiger partial charge on any atom is 0.320 e. The van der Waals surface area contributed by atoms with Gasteiger partial charge in [-0.2, -0.15) is 0 Å². The number of ether oxygens (including phenoxy) is 2. The van der Waals surface area contributed by atoms with Gasteiger partial charge in [0.1, 0.15) is 0 Å². The Hall–Kier alpha value is -1.58. The molecule has 4 nitrogen and oxygen atoms in total. The summed E-state index contributed by atoms with van der Waals surface area (Å²) in [7, 11) is 2.56. The smallest absolute Gasteiger partial charge is 0.320 e. The quantitative estimate of drug-likeness (QED) is 0.347. The van der Waals surface area contributed by atoms with Gasteiger partial charge in [-0.25, -0.2) is 0 Å². The Labute approximate surface area is 115 Å². The van der Waals surface area contributed by atoms with Crippen LogP contribution in [0.3, 0.4) is 0 Å². The number of hydrogen-bond donors (Lipinski definition) is 0. The molecule has 0 rings (SSSR count). The molecule has 108 valence electrons. The summed E-state index contributed by atoms with van der Waals surface area (Å²) in [5, 5.41) is 0. The summed E-state index contributed by atoms with van der Waals surface area (Å²) in [4.78, 5) is 23.3. The Kier molecular flexibility index (Phi) is 9.49. The van der Waals surface area contributed by atoms with E-state index >= 15 is 0 Å². The molecule has 0 aliphatic heterocycles. The van der Waals surface area contributed by atoms with Crippen LogP contribution in [0.1, 0.15) is 32.1 Å². The molecule has 0 unspecified atom stereocenters. The summed E-state index contributed by atoms with van der Waals surface area (Å²) in [5.74, 6) is -1.66. The van der Waals surface area contributed by atoms with Crippen molar-refractivity contribution in [2.24, 2.45) is 11.8 Å². The third-order valence-electron chi connectivity index (χ3n) is 3.10. The molecule has 0 aromatic heterocycles. The number of carbonyl (C=O) groups excluding carboxylic acids is 2. The molecular weight excluding hydrogens is 244 g/mol. The van der Waals surface area contributed by atoms with Crippen molar-refractivity contribution >= 4 is 11.9 Å². The maximum absolute atomic E-state index is 11.6. The molecule has 0 aliphatic rings. The third-order valence-corrected chi connectivity index (χ3v) is 3.10. The zero-order chi connectivity index (χ0) is 14.7. The summed E-state index contributed by atoms with van der Waals surface area (Å²) >= 11 is 0. The van der Waals surface area contributed by atoms with Crippen LogP contribution in [0.5, 0.6) is 0 Å². The van der Waals surface area contributed by atoms with Crippen molar-refractivity contribution in [3.63, 3.8) is 0 Å². The molecule has 0 atom stereocenters. The Balaban J connectivity index is 4.69. The lowest BCUT2D eigenvalue weighted by molar-refractivity contribution is -0.159. The van der Waals surface area contributed by atoms with E-state index in [1.54, 1.807) is 0 Å². The second-order valence-corrected chi connectivity index (χ2v) is 4.43. The van der Waals surface area contributed by atoms with Crippen LogP contribution in [0.4, 0.5) is 0 Å². The van der Waals surface area contributed by atoms with Crippen LogP contribution in [0.25, 0.3) is 0 Å². The molecule has 0 aromatic carbocycles. The molecular formula is C15H24O4. The van der Waals surface area contributed by atoms with Gasteiger partial charge in [-0.3, -0.25) is 9.59 Å². The van der Waals surface area contributed by atoms with E-state index in [4.69, 9.17) is 0 Å². The highest BCUT2D eigenvalue weighted by Crippen LogP contribution is 2.24. The van der Waals surface area contributed by atoms with Crippen LogP contribution in [-0.2, 0) is 19.1 Å². The zero-order valence-corrected chi connectivity index (χ0v) is 11.9. The first-order chi connectivity index (χ1) is 9.10. The van der Waals surface area contributed by atoms with Crippen LogP contribution in [0, 0.1) is 11.8 Å². The van der Waals surface area contributed by atoms with Crippen LogP contribution < -0.4 is 0 Å². The molecule has 0 saturated carbocycles. The summed E-state index contributed by atoms with van der Waals surface area (Å²) in [6, 6.07) is 0. The Morgan fingerprint density at radius 3 is 1.74 bits per heavy atom. The first-order valence-corrected chi connectivity index (χ1v) is 6.48. The zero-order valence-electron chi connectivity index (χ0n) is 11.9. The number of allylic oxidation sites excluding steroid dienone is 2. The average Bonchev–Trinajstić information content (AvgIpc) is 2.44. The van der Waals surface area contributed by atoms with Crippen LogP contribution in [-0.4, -0.2) is 26.2 Å². The van der Waals surface area contributed by atoms with Crippen molar-refractivity contribution in [3.05, 3.63) is 25.3 Å². The van der Waals surface area contributed by atoms with Gasteiger partial charge in [0.05, 0.1) is 14.2 Å². The van der Waals surface area contributed by atoms with Crippen LogP contribution >= 0.6 is 0 Å². The summed E-state index contributed by atoms with van der Waals surface area (Å²) in [6.45, 7) is 7.38. The van der Waals surface area contributed by atoms with Gasteiger partial charge in [-0.05, 0) is 38.0 Å². The fourth-order valence-corrected chi connectivity index (χ4v) is 1.99. The molecule has 0 aliphatic carbocycles. The van der Waals surface area contributed by atoms with Gasteiger partial charge in [-0.1, -0.05) is 12.2 Å². The second kappa shape index (κ2) is 10.4. The van der Waals surface area contributed by atoms with E-state index in [2.05, 4.69) is 22.6 Å². The lowest BCUT2D eigenvalue weighted by Gasteiger charge is -2.20. The molecule has 19 heavy (non-hydrogen) atoms. The SMILES string of the molecule is C=CCCC(CCC=C)CC(C(=O)OC)C(=O)OC. The standard InChI is InChI=1S/C15H24O4/c1-5-7-9-12(10-8-6-2)11-13(14(16)18-3)15(17)19-4/h5-6,12-13H,1-2,7-11H2,3-4H3. The van der Waals surface area contributed by atoms with E-state index in [9.17, 15) is 9.59 Å². The van der Waals surface area contributed by atoms with Gasteiger partial charge >= 0.3 is 11.9 Å². The monoisotopic (exact) mass is 268 g/mol. The number of hydrogen-bond acceptors (Lipinski definition) is 4. The molecule has 0 radical (unpaired) electrons. The van der Waals surface area contributed by atoms with E-state index in [0.29, 0.717) is 6.42 Å². The average molecular weight is 268 g/mol. The first-order valence-electron chi connectivity index (χ1n) is 6.48. The third kappa shape index (κ3) is 6.79. The summed E-state index contributed by atoms with van der Waals surface area (Å²) in [5.41, 5.74) is 0. The molecule has 0 saturated heterocycles. The fraction of sp³-hybridized carbons (Fsp3) is 0.600. The van der Waals surface area contributed by atoms with Gasteiger partial charge in [-0.15, -0.1) is 13.2 Å². The van der Waals surface area contributed by atoms with Crippen molar-refractivity contribution in [2.75, 3.05) is 14.2 Å². The predicted octanol–water partition coefficient (Wildman–Crippen LogP) is 2.89. The minimum Gasteiger partial charge on any atom is -0.468 e. The first kappa shape index (κ1) is 17.4. The molecule has 0 fully saturated rings. The van der Waals surface area contributed by atoms with E-state index in [1.807, 2.05) is 12.2 Å². The van der Waals surface area contributed by atoms with Crippen molar-refractivity contribution in [1.82, 2.24) is 0 Å². The van der Waals surface area contributed by atoms with Gasteiger partial charge < -0.3 is 9.47 Å². The molecule has 0 spiro atoms.